The molecular weight excluding hydrogens is 380 g/mol. The Morgan fingerprint density at radius 3 is 2.07 bits per heavy atom. The molecule has 3 aromatic carbocycles. The fraction of sp³-hybridized carbons (Fsp3) is 0.167. The van der Waals surface area contributed by atoms with Crippen LogP contribution in [-0.2, 0) is 20.9 Å². The Morgan fingerprint density at radius 1 is 0.833 bits per heavy atom. The highest BCUT2D eigenvalue weighted by Crippen LogP contribution is 2.25. The summed E-state index contributed by atoms with van der Waals surface area (Å²) in [6.07, 6.45) is 0. The smallest absolute Gasteiger partial charge is 0.257 e. The van der Waals surface area contributed by atoms with Crippen molar-refractivity contribution in [3.8, 4) is 5.75 Å². The second kappa shape index (κ2) is 10.8. The number of carbonyl (C=O) groups excluding carboxylic acids is 2. The third-order valence-corrected chi connectivity index (χ3v) is 4.36. The summed E-state index contributed by atoms with van der Waals surface area (Å²) < 4.78 is 10.6. The molecule has 2 amide bonds. The number of nitrogens with zero attached hydrogens (tertiary/aromatic N) is 1. The van der Waals surface area contributed by atoms with Gasteiger partial charge in [0.25, 0.3) is 5.91 Å². The molecule has 3 aromatic rings. The highest BCUT2D eigenvalue weighted by molar-refractivity contribution is 6.01. The van der Waals surface area contributed by atoms with Gasteiger partial charge in [-0.15, -0.1) is 0 Å². The summed E-state index contributed by atoms with van der Waals surface area (Å²) in [5.74, 6) is 0.176. The molecule has 0 fully saturated rings. The maximum Gasteiger partial charge on any atom is 0.257 e. The SMILES string of the molecule is COc1cccc(CNC(=O)COCC(=O)N(c2ccccc2)c2ccccc2)c1. The summed E-state index contributed by atoms with van der Waals surface area (Å²) in [5.41, 5.74) is 2.39. The minimum absolute atomic E-state index is 0.201. The standard InChI is InChI=1S/C24H24N2O4/c1-29-22-14-8-9-19(15-22)16-25-23(27)17-30-18-24(28)26(20-10-4-2-5-11-20)21-12-6-3-7-13-21/h2-15H,16-18H2,1H3,(H,25,27). The van der Waals surface area contributed by atoms with Crippen molar-refractivity contribution in [2.24, 2.45) is 0 Å². The number of nitrogens with one attached hydrogen (secondary N) is 1. The van der Waals surface area contributed by atoms with Gasteiger partial charge in [0.05, 0.1) is 7.11 Å². The summed E-state index contributed by atoms with van der Waals surface area (Å²) in [6.45, 7) is -0.0585. The first-order valence-electron chi connectivity index (χ1n) is 9.58. The van der Waals surface area contributed by atoms with Crippen molar-refractivity contribution >= 4 is 23.2 Å². The van der Waals surface area contributed by atoms with Gasteiger partial charge < -0.3 is 14.8 Å². The maximum atomic E-state index is 12.8. The quantitative estimate of drug-likeness (QED) is 0.591. The van der Waals surface area contributed by atoms with E-state index >= 15 is 0 Å². The number of carbonyl (C=O) groups is 2. The number of rotatable bonds is 9. The first-order valence-corrected chi connectivity index (χ1v) is 9.58. The summed E-state index contributed by atoms with van der Waals surface area (Å²) >= 11 is 0. The molecule has 6 nitrogen and oxygen atoms in total. The van der Waals surface area contributed by atoms with Crippen molar-refractivity contribution in [2.45, 2.75) is 6.54 Å². The fourth-order valence-corrected chi connectivity index (χ4v) is 2.92. The first-order chi connectivity index (χ1) is 14.7. The largest absolute Gasteiger partial charge is 0.497 e. The van der Waals surface area contributed by atoms with Gasteiger partial charge in [-0.25, -0.2) is 0 Å². The third kappa shape index (κ3) is 5.93. The second-order valence-corrected chi connectivity index (χ2v) is 6.52. The molecule has 0 radical (unpaired) electrons. The molecule has 0 aromatic heterocycles. The number of amides is 2. The number of hydrogen-bond acceptors (Lipinski definition) is 4. The summed E-state index contributed by atoms with van der Waals surface area (Å²) in [5, 5.41) is 2.77. The van der Waals surface area contributed by atoms with E-state index in [0.29, 0.717) is 6.54 Å². The molecule has 0 saturated carbocycles. The zero-order chi connectivity index (χ0) is 21.2. The van der Waals surface area contributed by atoms with Crippen molar-refractivity contribution in [2.75, 3.05) is 25.2 Å². The second-order valence-electron chi connectivity index (χ2n) is 6.52. The van der Waals surface area contributed by atoms with Crippen LogP contribution < -0.4 is 15.0 Å². The van der Waals surface area contributed by atoms with E-state index in [1.807, 2.05) is 84.9 Å². The van der Waals surface area contributed by atoms with Crippen LogP contribution in [0.3, 0.4) is 0 Å². The minimum atomic E-state index is -0.295. The zero-order valence-electron chi connectivity index (χ0n) is 16.8. The van der Waals surface area contributed by atoms with E-state index in [1.165, 1.54) is 0 Å². The van der Waals surface area contributed by atoms with E-state index in [-0.39, 0.29) is 25.0 Å². The van der Waals surface area contributed by atoms with Gasteiger partial charge in [0, 0.05) is 17.9 Å². The van der Waals surface area contributed by atoms with Gasteiger partial charge in [-0.05, 0) is 42.0 Å². The predicted molar refractivity (Wildman–Crippen MR) is 116 cm³/mol. The Bertz CT molecular complexity index is 922. The molecule has 0 atom stereocenters. The molecule has 0 spiro atoms. The lowest BCUT2D eigenvalue weighted by molar-refractivity contribution is -0.129. The van der Waals surface area contributed by atoms with Crippen molar-refractivity contribution in [1.29, 1.82) is 0 Å². The number of benzene rings is 3. The molecular formula is C24H24N2O4. The van der Waals surface area contributed by atoms with Gasteiger partial charge in [-0.1, -0.05) is 48.5 Å². The fourth-order valence-electron chi connectivity index (χ4n) is 2.92. The Balaban J connectivity index is 1.53. The monoisotopic (exact) mass is 404 g/mol. The van der Waals surface area contributed by atoms with Crippen LogP contribution in [0.1, 0.15) is 5.56 Å². The topological polar surface area (TPSA) is 67.9 Å². The highest BCUT2D eigenvalue weighted by atomic mass is 16.5. The van der Waals surface area contributed by atoms with Crippen LogP contribution in [0.2, 0.25) is 0 Å². The van der Waals surface area contributed by atoms with Crippen molar-refractivity contribution in [3.05, 3.63) is 90.5 Å². The van der Waals surface area contributed by atoms with Crippen LogP contribution in [0.5, 0.6) is 5.75 Å². The van der Waals surface area contributed by atoms with Gasteiger partial charge in [-0.2, -0.15) is 0 Å². The number of methoxy groups -OCH3 is 1. The molecule has 1 N–H and O–H groups in total. The van der Waals surface area contributed by atoms with Gasteiger partial charge in [0.2, 0.25) is 5.91 Å². The van der Waals surface area contributed by atoms with Crippen LogP contribution in [-0.4, -0.2) is 32.1 Å². The van der Waals surface area contributed by atoms with Gasteiger partial charge in [0.1, 0.15) is 19.0 Å². The van der Waals surface area contributed by atoms with Crippen LogP contribution >= 0.6 is 0 Å². The molecule has 3 rings (SSSR count). The molecule has 0 aliphatic heterocycles. The van der Waals surface area contributed by atoms with E-state index < -0.39 is 0 Å². The van der Waals surface area contributed by atoms with E-state index in [1.54, 1.807) is 12.0 Å². The average Bonchev–Trinajstić information content (AvgIpc) is 2.79. The van der Waals surface area contributed by atoms with Crippen molar-refractivity contribution < 1.29 is 19.1 Å². The lowest BCUT2D eigenvalue weighted by Gasteiger charge is -2.23. The molecule has 0 aliphatic rings. The molecule has 0 bridgehead atoms. The maximum absolute atomic E-state index is 12.8. The summed E-state index contributed by atoms with van der Waals surface area (Å²) in [7, 11) is 1.59. The van der Waals surface area contributed by atoms with E-state index in [0.717, 1.165) is 22.7 Å². The molecule has 0 unspecified atom stereocenters. The third-order valence-electron chi connectivity index (χ3n) is 4.36. The molecule has 0 heterocycles. The number of hydrogen-bond donors (Lipinski definition) is 1. The van der Waals surface area contributed by atoms with Crippen LogP contribution in [0.25, 0.3) is 0 Å². The Labute approximate surface area is 176 Å². The molecule has 6 heteroatoms. The molecule has 30 heavy (non-hydrogen) atoms. The lowest BCUT2D eigenvalue weighted by atomic mass is 10.2. The zero-order valence-corrected chi connectivity index (χ0v) is 16.8. The summed E-state index contributed by atoms with van der Waals surface area (Å²) in [4.78, 5) is 26.5. The number of anilines is 2. The van der Waals surface area contributed by atoms with Gasteiger partial charge >= 0.3 is 0 Å². The average molecular weight is 404 g/mol. The van der Waals surface area contributed by atoms with Crippen LogP contribution in [0.15, 0.2) is 84.9 Å². The van der Waals surface area contributed by atoms with Gasteiger partial charge in [-0.3, -0.25) is 14.5 Å². The molecule has 0 aliphatic carbocycles. The Hall–Kier alpha value is -3.64. The molecule has 0 saturated heterocycles. The minimum Gasteiger partial charge on any atom is -0.497 e. The van der Waals surface area contributed by atoms with Crippen molar-refractivity contribution in [3.63, 3.8) is 0 Å². The molecule has 154 valence electrons. The van der Waals surface area contributed by atoms with E-state index in [9.17, 15) is 9.59 Å². The lowest BCUT2D eigenvalue weighted by Crippen LogP contribution is -2.32. The Kier molecular flexibility index (Phi) is 7.58. The predicted octanol–water partition coefficient (Wildman–Crippen LogP) is 3.69. The van der Waals surface area contributed by atoms with Crippen LogP contribution in [0.4, 0.5) is 11.4 Å². The van der Waals surface area contributed by atoms with E-state index in [2.05, 4.69) is 5.32 Å². The number of para-hydroxylation sites is 2. The summed E-state index contributed by atoms with van der Waals surface area (Å²) in [6, 6.07) is 26.1. The van der Waals surface area contributed by atoms with Crippen molar-refractivity contribution in [1.82, 2.24) is 5.32 Å². The number of ether oxygens (including phenoxy) is 2. The van der Waals surface area contributed by atoms with Crippen LogP contribution in [0, 0.1) is 0 Å². The Morgan fingerprint density at radius 2 is 1.47 bits per heavy atom. The van der Waals surface area contributed by atoms with Gasteiger partial charge in [0.15, 0.2) is 0 Å². The van der Waals surface area contributed by atoms with E-state index in [4.69, 9.17) is 9.47 Å². The normalized spacial score (nSPS) is 10.3. The highest BCUT2D eigenvalue weighted by Gasteiger charge is 2.18. The first kappa shape index (κ1) is 21.1.